The number of hydrogen-bond acceptors (Lipinski definition) is 0. The van der Waals surface area contributed by atoms with E-state index in [0.717, 1.165) is 18.4 Å². The zero-order valence-electron chi connectivity index (χ0n) is 16.4. The minimum Gasteiger partial charge on any atom is -0.0736 e. The third kappa shape index (κ3) is 6.50. The summed E-state index contributed by atoms with van der Waals surface area (Å²) in [5.74, 6) is 2.02. The van der Waals surface area contributed by atoms with Crippen molar-refractivity contribution < 1.29 is 0 Å². The van der Waals surface area contributed by atoms with Gasteiger partial charge in [0.15, 0.2) is 0 Å². The Morgan fingerprint density at radius 1 is 0.640 bits per heavy atom. The molecule has 1 atom stereocenters. The Morgan fingerprint density at radius 3 is 1.88 bits per heavy atom. The van der Waals surface area contributed by atoms with Crippen LogP contribution in [0.25, 0.3) is 0 Å². The van der Waals surface area contributed by atoms with E-state index in [-0.39, 0.29) is 0 Å². The van der Waals surface area contributed by atoms with Gasteiger partial charge in [-0.1, -0.05) is 138 Å². The molecule has 1 heterocycles. The Kier molecular flexibility index (Phi) is 8.46. The normalized spacial score (nSPS) is 25.1. The molecule has 0 spiro atoms. The third-order valence-electron chi connectivity index (χ3n) is 7.06. The van der Waals surface area contributed by atoms with Crippen LogP contribution in [0.2, 0.25) is 12.1 Å². The summed E-state index contributed by atoms with van der Waals surface area (Å²) in [6.45, 7) is 0.936. The average Bonchev–Trinajstić information content (AvgIpc) is 2.84. The van der Waals surface area contributed by atoms with Gasteiger partial charge in [-0.25, -0.2) is 0 Å². The highest BCUT2D eigenvalue weighted by atomic mass is 14.2. The monoisotopic (exact) mass is 338 g/mol. The van der Waals surface area contributed by atoms with E-state index in [0.29, 0.717) is 0 Å². The molecule has 0 radical (unpaired) electrons. The predicted molar refractivity (Wildman–Crippen MR) is 113 cm³/mol. The van der Waals surface area contributed by atoms with E-state index in [4.69, 9.17) is 0 Å². The molecular weight excluding hydrogens is 299 g/mol. The molecule has 0 aromatic heterocycles. The fourth-order valence-electron chi connectivity index (χ4n) is 5.65. The van der Waals surface area contributed by atoms with E-state index in [9.17, 15) is 0 Å². The van der Waals surface area contributed by atoms with E-state index in [1.165, 1.54) is 103 Å². The molecule has 2 aliphatic rings. The summed E-state index contributed by atoms with van der Waals surface area (Å²) in [7, 11) is 0. The van der Waals surface area contributed by atoms with Crippen LogP contribution in [-0.4, -0.2) is 6.71 Å². The lowest BCUT2D eigenvalue weighted by molar-refractivity contribution is 0.377. The lowest BCUT2D eigenvalue weighted by Crippen LogP contribution is -2.30. The zero-order chi connectivity index (χ0) is 17.2. The lowest BCUT2D eigenvalue weighted by atomic mass is 9.33. The molecule has 3 rings (SSSR count). The Hall–Kier alpha value is -0.715. The SMILES string of the molecule is c1ccc(CB2CCCCCCCC2C2CCCCCCCC2)cc1. The maximum atomic E-state index is 2.37. The summed E-state index contributed by atoms with van der Waals surface area (Å²) < 4.78 is 0. The summed E-state index contributed by atoms with van der Waals surface area (Å²) in [6, 6.07) is 11.4. The second kappa shape index (κ2) is 11.1. The maximum absolute atomic E-state index is 2.37. The van der Waals surface area contributed by atoms with Crippen molar-refractivity contribution in [2.24, 2.45) is 5.92 Å². The topological polar surface area (TPSA) is 0 Å². The van der Waals surface area contributed by atoms with Gasteiger partial charge in [0.1, 0.15) is 6.71 Å². The molecule has 0 N–H and O–H groups in total. The highest BCUT2D eigenvalue weighted by Crippen LogP contribution is 2.40. The Bertz CT molecular complexity index is 444. The van der Waals surface area contributed by atoms with Gasteiger partial charge in [0.25, 0.3) is 0 Å². The fraction of sp³-hybridized carbons (Fsp3) is 0.750. The van der Waals surface area contributed by atoms with Crippen molar-refractivity contribution in [2.45, 2.75) is 108 Å². The van der Waals surface area contributed by atoms with E-state index in [2.05, 4.69) is 30.3 Å². The van der Waals surface area contributed by atoms with Gasteiger partial charge in [-0.2, -0.15) is 0 Å². The second-order valence-electron chi connectivity index (χ2n) is 8.92. The first kappa shape index (κ1) is 19.1. The molecule has 1 saturated carbocycles. The van der Waals surface area contributed by atoms with E-state index >= 15 is 0 Å². The Labute approximate surface area is 157 Å². The predicted octanol–water partition coefficient (Wildman–Crippen LogP) is 7.74. The molecule has 1 unspecified atom stereocenters. The average molecular weight is 338 g/mol. The largest absolute Gasteiger partial charge is 0.148 e. The quantitative estimate of drug-likeness (QED) is 0.494. The molecule has 1 aromatic carbocycles. The van der Waals surface area contributed by atoms with Crippen LogP contribution in [0.15, 0.2) is 30.3 Å². The molecule has 25 heavy (non-hydrogen) atoms. The van der Waals surface area contributed by atoms with Crippen molar-refractivity contribution in [3.63, 3.8) is 0 Å². The maximum Gasteiger partial charge on any atom is 0.148 e. The molecule has 1 aliphatic heterocycles. The van der Waals surface area contributed by atoms with Crippen LogP contribution in [0.1, 0.15) is 95.5 Å². The highest BCUT2D eigenvalue weighted by molar-refractivity contribution is 6.60. The smallest absolute Gasteiger partial charge is 0.0736 e. The van der Waals surface area contributed by atoms with Gasteiger partial charge in [-0.15, -0.1) is 0 Å². The summed E-state index contributed by atoms with van der Waals surface area (Å²) in [5.41, 5.74) is 1.58. The van der Waals surface area contributed by atoms with Crippen LogP contribution in [-0.2, 0) is 6.32 Å². The van der Waals surface area contributed by atoms with E-state index in [1.54, 1.807) is 5.56 Å². The standard InChI is InChI=1S/C24H39B/c1-2-5-12-18-23(17-11-4-1)24-19-13-6-3-7-14-20-25(24)21-22-15-9-8-10-16-22/h8-10,15-16,23-24H,1-7,11-14,17-21H2. The minimum absolute atomic E-state index is 0.936. The molecule has 1 saturated heterocycles. The second-order valence-corrected chi connectivity index (χ2v) is 8.92. The van der Waals surface area contributed by atoms with E-state index in [1.807, 2.05) is 0 Å². The Morgan fingerprint density at radius 2 is 1.20 bits per heavy atom. The molecular formula is C24H39B. The van der Waals surface area contributed by atoms with Crippen molar-refractivity contribution in [2.75, 3.05) is 0 Å². The third-order valence-corrected chi connectivity index (χ3v) is 7.06. The van der Waals surface area contributed by atoms with E-state index < -0.39 is 0 Å². The van der Waals surface area contributed by atoms with Crippen LogP contribution in [0.4, 0.5) is 0 Å². The van der Waals surface area contributed by atoms with Gasteiger partial charge in [0, 0.05) is 0 Å². The van der Waals surface area contributed by atoms with Crippen LogP contribution >= 0.6 is 0 Å². The minimum atomic E-state index is 0.936. The Balaban J connectivity index is 1.72. The summed E-state index contributed by atoms with van der Waals surface area (Å²) in [6.07, 6.45) is 23.8. The lowest BCUT2D eigenvalue weighted by Gasteiger charge is -2.32. The number of hydrogen-bond donors (Lipinski definition) is 0. The molecule has 1 aromatic rings. The van der Waals surface area contributed by atoms with Crippen molar-refractivity contribution in [1.29, 1.82) is 0 Å². The summed E-state index contributed by atoms with van der Waals surface area (Å²) >= 11 is 0. The first-order valence-corrected chi connectivity index (χ1v) is 11.5. The number of benzene rings is 1. The zero-order valence-corrected chi connectivity index (χ0v) is 16.4. The van der Waals surface area contributed by atoms with Gasteiger partial charge < -0.3 is 0 Å². The highest BCUT2D eigenvalue weighted by Gasteiger charge is 2.31. The molecule has 0 bridgehead atoms. The fourth-order valence-corrected chi connectivity index (χ4v) is 5.65. The van der Waals surface area contributed by atoms with Crippen molar-refractivity contribution in [3.8, 4) is 0 Å². The molecule has 0 nitrogen and oxygen atoms in total. The van der Waals surface area contributed by atoms with Gasteiger partial charge in [-0.05, 0) is 12.2 Å². The van der Waals surface area contributed by atoms with Crippen LogP contribution in [0.3, 0.4) is 0 Å². The molecule has 2 fully saturated rings. The van der Waals surface area contributed by atoms with Gasteiger partial charge in [-0.3, -0.25) is 0 Å². The molecule has 1 aliphatic carbocycles. The first-order chi connectivity index (χ1) is 12.4. The van der Waals surface area contributed by atoms with Gasteiger partial charge in [0.05, 0.1) is 0 Å². The molecule has 0 amide bonds. The van der Waals surface area contributed by atoms with Gasteiger partial charge in [0.2, 0.25) is 0 Å². The summed E-state index contributed by atoms with van der Waals surface area (Å²) in [4.78, 5) is 0. The number of rotatable bonds is 3. The van der Waals surface area contributed by atoms with Crippen molar-refractivity contribution in [1.82, 2.24) is 0 Å². The van der Waals surface area contributed by atoms with Crippen LogP contribution < -0.4 is 0 Å². The molecule has 138 valence electrons. The van der Waals surface area contributed by atoms with Crippen molar-refractivity contribution >= 4 is 6.71 Å². The van der Waals surface area contributed by atoms with Crippen molar-refractivity contribution in [3.05, 3.63) is 35.9 Å². The first-order valence-electron chi connectivity index (χ1n) is 11.5. The van der Waals surface area contributed by atoms with Crippen LogP contribution in [0.5, 0.6) is 0 Å². The summed E-state index contributed by atoms with van der Waals surface area (Å²) in [5, 5.41) is 0. The van der Waals surface area contributed by atoms with Gasteiger partial charge >= 0.3 is 0 Å². The van der Waals surface area contributed by atoms with Crippen LogP contribution in [0, 0.1) is 5.92 Å². The molecule has 1 heteroatoms.